The van der Waals surface area contributed by atoms with Crippen molar-refractivity contribution in [3.8, 4) is 0 Å². The lowest BCUT2D eigenvalue weighted by Crippen LogP contribution is -2.18. The lowest BCUT2D eigenvalue weighted by atomic mass is 10.1. The fourth-order valence-corrected chi connectivity index (χ4v) is 1.12. The van der Waals surface area contributed by atoms with Gasteiger partial charge in [0.1, 0.15) is 0 Å². The summed E-state index contributed by atoms with van der Waals surface area (Å²) in [4.78, 5) is 9.75. The van der Waals surface area contributed by atoms with E-state index in [1.165, 1.54) is 6.42 Å². The van der Waals surface area contributed by atoms with Gasteiger partial charge in [-0.3, -0.25) is 0 Å². The molecule has 0 aromatic rings. The van der Waals surface area contributed by atoms with Gasteiger partial charge in [-0.15, -0.1) is 0 Å². The second kappa shape index (κ2) is 9.65. The third kappa shape index (κ3) is 11.6. The Hall–Kier alpha value is -0.440. The van der Waals surface area contributed by atoms with E-state index < -0.39 is 0 Å². The Balaban J connectivity index is 2.87. The summed E-state index contributed by atoms with van der Waals surface area (Å²) in [6.07, 6.45) is 4.46. The minimum absolute atomic E-state index is 0.478. The minimum atomic E-state index is 0.478. The molecule has 0 aliphatic rings. The van der Waals surface area contributed by atoms with Crippen LogP contribution < -0.4 is 5.32 Å². The molecule has 13 heavy (non-hydrogen) atoms. The third-order valence-electron chi connectivity index (χ3n) is 2.00. The van der Waals surface area contributed by atoms with Crippen molar-refractivity contribution in [1.82, 2.24) is 5.32 Å². The lowest BCUT2D eigenvalue weighted by molar-refractivity contribution is 0.524. The van der Waals surface area contributed by atoms with Gasteiger partial charge in [-0.05, 0) is 38.3 Å². The van der Waals surface area contributed by atoms with Crippen LogP contribution in [0.2, 0.25) is 0 Å². The first-order chi connectivity index (χ1) is 6.27. The first-order valence-corrected chi connectivity index (χ1v) is 5.27. The monoisotopic (exact) mass is 186 g/mol. The zero-order chi connectivity index (χ0) is 9.94. The van der Waals surface area contributed by atoms with Crippen LogP contribution in [0.25, 0.3) is 0 Å². The molecule has 0 spiro atoms. The number of nitroso groups, excluding NO2 is 1. The van der Waals surface area contributed by atoms with Crippen molar-refractivity contribution < 1.29 is 0 Å². The highest BCUT2D eigenvalue weighted by Gasteiger charge is 1.93. The van der Waals surface area contributed by atoms with Crippen molar-refractivity contribution in [3.63, 3.8) is 0 Å². The summed E-state index contributed by atoms with van der Waals surface area (Å²) < 4.78 is 0. The van der Waals surface area contributed by atoms with Gasteiger partial charge in [0.05, 0.1) is 6.54 Å². The molecule has 0 aromatic heterocycles. The molecule has 3 heteroatoms. The van der Waals surface area contributed by atoms with E-state index >= 15 is 0 Å². The highest BCUT2D eigenvalue weighted by atomic mass is 16.3. The molecule has 0 aliphatic carbocycles. The van der Waals surface area contributed by atoms with Crippen molar-refractivity contribution in [2.24, 2.45) is 11.1 Å². The van der Waals surface area contributed by atoms with Gasteiger partial charge in [0.2, 0.25) is 0 Å². The van der Waals surface area contributed by atoms with E-state index in [1.807, 2.05) is 0 Å². The van der Waals surface area contributed by atoms with Crippen molar-refractivity contribution in [2.75, 3.05) is 19.6 Å². The van der Waals surface area contributed by atoms with Crippen LogP contribution >= 0.6 is 0 Å². The standard InChI is InChI=1S/C10H22N2O/c1-10(2)6-9-11-7-4-3-5-8-12-13/h10-11H,3-9H2,1-2H3. The van der Waals surface area contributed by atoms with Crippen LogP contribution in [-0.2, 0) is 0 Å². The largest absolute Gasteiger partial charge is 0.317 e. The molecule has 0 amide bonds. The molecule has 0 bridgehead atoms. The molecule has 0 aromatic carbocycles. The van der Waals surface area contributed by atoms with Gasteiger partial charge in [-0.2, -0.15) is 4.91 Å². The first-order valence-electron chi connectivity index (χ1n) is 5.27. The molecule has 0 aliphatic heterocycles. The fourth-order valence-electron chi connectivity index (χ4n) is 1.12. The molecule has 0 atom stereocenters. The molecule has 1 N–H and O–H groups in total. The SMILES string of the molecule is CC(C)CCNCCCCCN=O. The van der Waals surface area contributed by atoms with E-state index in [-0.39, 0.29) is 0 Å². The highest BCUT2D eigenvalue weighted by molar-refractivity contribution is 4.52. The Labute approximate surface area is 81.3 Å². The Morgan fingerprint density at radius 3 is 2.54 bits per heavy atom. The smallest absolute Gasteiger partial charge is 0.0811 e. The van der Waals surface area contributed by atoms with E-state index in [2.05, 4.69) is 24.3 Å². The number of nitrogens with zero attached hydrogens (tertiary/aromatic N) is 1. The van der Waals surface area contributed by atoms with Crippen molar-refractivity contribution in [3.05, 3.63) is 4.91 Å². The maximum atomic E-state index is 9.75. The first kappa shape index (κ1) is 12.6. The highest BCUT2D eigenvalue weighted by Crippen LogP contribution is 1.97. The Morgan fingerprint density at radius 2 is 1.92 bits per heavy atom. The molecule has 0 saturated heterocycles. The van der Waals surface area contributed by atoms with Gasteiger partial charge in [-0.1, -0.05) is 25.4 Å². The molecule has 0 unspecified atom stereocenters. The molecule has 0 saturated carbocycles. The van der Waals surface area contributed by atoms with Gasteiger partial charge in [0, 0.05) is 0 Å². The van der Waals surface area contributed by atoms with Crippen LogP contribution in [0.3, 0.4) is 0 Å². The number of unbranched alkanes of at least 4 members (excludes halogenated alkanes) is 2. The van der Waals surface area contributed by atoms with Crippen molar-refractivity contribution >= 4 is 0 Å². The van der Waals surface area contributed by atoms with Crippen molar-refractivity contribution in [2.45, 2.75) is 39.5 Å². The van der Waals surface area contributed by atoms with Crippen LogP contribution in [0.4, 0.5) is 0 Å². The molecule has 0 heterocycles. The Morgan fingerprint density at radius 1 is 1.15 bits per heavy atom. The average molecular weight is 186 g/mol. The predicted octanol–water partition coefficient (Wildman–Crippen LogP) is 2.56. The average Bonchev–Trinajstić information content (AvgIpc) is 2.09. The fraction of sp³-hybridized carbons (Fsp3) is 1.00. The second-order valence-electron chi connectivity index (χ2n) is 3.85. The topological polar surface area (TPSA) is 41.5 Å². The third-order valence-corrected chi connectivity index (χ3v) is 2.00. The summed E-state index contributed by atoms with van der Waals surface area (Å²) >= 11 is 0. The Kier molecular flexibility index (Phi) is 9.32. The summed E-state index contributed by atoms with van der Waals surface area (Å²) in [5.74, 6) is 0.784. The van der Waals surface area contributed by atoms with Gasteiger partial charge in [-0.25, -0.2) is 0 Å². The summed E-state index contributed by atoms with van der Waals surface area (Å²) in [7, 11) is 0. The van der Waals surface area contributed by atoms with E-state index in [0.29, 0.717) is 6.54 Å². The summed E-state index contributed by atoms with van der Waals surface area (Å²) in [5.41, 5.74) is 0. The van der Waals surface area contributed by atoms with Crippen molar-refractivity contribution in [1.29, 1.82) is 0 Å². The van der Waals surface area contributed by atoms with Crippen LogP contribution in [0, 0.1) is 10.8 Å². The van der Waals surface area contributed by atoms with Crippen LogP contribution in [-0.4, -0.2) is 19.6 Å². The molecule has 3 nitrogen and oxygen atoms in total. The normalized spacial score (nSPS) is 10.7. The zero-order valence-corrected chi connectivity index (χ0v) is 8.88. The zero-order valence-electron chi connectivity index (χ0n) is 8.88. The van der Waals surface area contributed by atoms with E-state index in [9.17, 15) is 4.91 Å². The molecule has 0 fully saturated rings. The second-order valence-corrected chi connectivity index (χ2v) is 3.85. The number of rotatable bonds is 9. The summed E-state index contributed by atoms with van der Waals surface area (Å²) in [6, 6.07) is 0. The molecular weight excluding hydrogens is 164 g/mol. The van der Waals surface area contributed by atoms with E-state index in [4.69, 9.17) is 0 Å². The Bertz CT molecular complexity index is 115. The quantitative estimate of drug-likeness (QED) is 0.444. The van der Waals surface area contributed by atoms with Gasteiger partial charge in [0.25, 0.3) is 0 Å². The molecule has 0 radical (unpaired) electrons. The number of hydrogen-bond donors (Lipinski definition) is 1. The minimum Gasteiger partial charge on any atom is -0.317 e. The maximum Gasteiger partial charge on any atom is 0.0811 e. The van der Waals surface area contributed by atoms with Crippen LogP contribution in [0.15, 0.2) is 5.18 Å². The molecular formula is C10H22N2O. The van der Waals surface area contributed by atoms with Crippen LogP contribution in [0.5, 0.6) is 0 Å². The predicted molar refractivity (Wildman–Crippen MR) is 56.8 cm³/mol. The van der Waals surface area contributed by atoms with Crippen LogP contribution in [0.1, 0.15) is 39.5 Å². The van der Waals surface area contributed by atoms with E-state index in [0.717, 1.165) is 38.3 Å². The van der Waals surface area contributed by atoms with Gasteiger partial charge >= 0.3 is 0 Å². The lowest BCUT2D eigenvalue weighted by Gasteiger charge is -2.05. The number of nitrogens with one attached hydrogen (secondary N) is 1. The van der Waals surface area contributed by atoms with Gasteiger partial charge < -0.3 is 5.32 Å². The number of hydrogen-bond acceptors (Lipinski definition) is 3. The maximum absolute atomic E-state index is 9.75. The molecule has 78 valence electrons. The molecule has 0 rings (SSSR count). The van der Waals surface area contributed by atoms with Gasteiger partial charge in [0.15, 0.2) is 0 Å². The summed E-state index contributed by atoms with van der Waals surface area (Å²) in [5, 5.41) is 6.21. The van der Waals surface area contributed by atoms with E-state index in [1.54, 1.807) is 0 Å². The summed E-state index contributed by atoms with van der Waals surface area (Å²) in [6.45, 7) is 7.13.